The van der Waals surface area contributed by atoms with Crippen LogP contribution in [-0.4, -0.2) is 34.9 Å². The average molecular weight is 362 g/mol. The number of rotatable bonds is 4. The van der Waals surface area contributed by atoms with Gasteiger partial charge in [0.2, 0.25) is 0 Å². The number of fused-ring (bicyclic) bond motifs is 1. The molecule has 3 aromatic rings. The van der Waals surface area contributed by atoms with E-state index >= 15 is 0 Å². The second kappa shape index (κ2) is 5.93. The third kappa shape index (κ3) is 3.72. The van der Waals surface area contributed by atoms with E-state index in [1.165, 1.54) is 12.1 Å². The van der Waals surface area contributed by atoms with E-state index in [1.54, 1.807) is 38.4 Å². The molecule has 3 rings (SSSR count). The molecule has 0 amide bonds. The lowest BCUT2D eigenvalue weighted by Crippen LogP contribution is -2.25. The maximum absolute atomic E-state index is 14.4. The maximum atomic E-state index is 14.4. The molecule has 0 aliphatic carbocycles. The molecule has 1 heterocycles. The van der Waals surface area contributed by atoms with Crippen LogP contribution < -0.4 is 0 Å². The van der Waals surface area contributed by atoms with E-state index in [4.69, 9.17) is 0 Å². The highest BCUT2D eigenvalue weighted by molar-refractivity contribution is 7.90. The number of hydrogen-bond acceptors (Lipinski definition) is 4. The van der Waals surface area contributed by atoms with Gasteiger partial charge in [-0.1, -0.05) is 12.1 Å². The van der Waals surface area contributed by atoms with Crippen LogP contribution in [0.4, 0.5) is 4.39 Å². The maximum Gasteiger partial charge on any atom is 0.175 e. The third-order valence-corrected chi connectivity index (χ3v) is 4.97. The summed E-state index contributed by atoms with van der Waals surface area (Å²) in [5, 5.41) is 10.0. The van der Waals surface area contributed by atoms with Gasteiger partial charge in [-0.15, -0.1) is 0 Å². The van der Waals surface area contributed by atoms with Gasteiger partial charge < -0.3 is 9.67 Å². The van der Waals surface area contributed by atoms with Crippen molar-refractivity contribution in [3.8, 4) is 11.1 Å². The Labute approximate surface area is 145 Å². The second-order valence-corrected chi connectivity index (χ2v) is 8.82. The van der Waals surface area contributed by atoms with Crippen molar-refractivity contribution in [2.24, 2.45) is 0 Å². The molecule has 0 unspecified atom stereocenters. The van der Waals surface area contributed by atoms with Crippen molar-refractivity contribution in [2.45, 2.75) is 30.9 Å². The van der Waals surface area contributed by atoms with E-state index in [0.717, 1.165) is 23.4 Å². The Morgan fingerprint density at radius 2 is 1.92 bits per heavy atom. The van der Waals surface area contributed by atoms with Gasteiger partial charge in [-0.2, -0.15) is 0 Å². The van der Waals surface area contributed by atoms with Crippen LogP contribution in [0.25, 0.3) is 22.2 Å². The van der Waals surface area contributed by atoms with Crippen LogP contribution in [0.1, 0.15) is 13.8 Å². The molecule has 7 heteroatoms. The van der Waals surface area contributed by atoms with Crippen LogP contribution in [0.2, 0.25) is 0 Å². The molecule has 0 aliphatic rings. The minimum absolute atomic E-state index is 0.0538. The quantitative estimate of drug-likeness (QED) is 0.774. The van der Waals surface area contributed by atoms with Crippen molar-refractivity contribution < 1.29 is 17.9 Å². The Hall–Kier alpha value is -2.25. The van der Waals surface area contributed by atoms with Gasteiger partial charge in [-0.3, -0.25) is 0 Å². The average Bonchev–Trinajstić information content (AvgIpc) is 2.86. The lowest BCUT2D eigenvalue weighted by molar-refractivity contribution is 0.0626. The lowest BCUT2D eigenvalue weighted by Gasteiger charge is -2.18. The summed E-state index contributed by atoms with van der Waals surface area (Å²) in [5.41, 5.74) is 1.52. The van der Waals surface area contributed by atoms with Crippen molar-refractivity contribution in [3.63, 3.8) is 0 Å². The first-order valence-electron chi connectivity index (χ1n) is 7.72. The van der Waals surface area contributed by atoms with Crippen LogP contribution in [0, 0.1) is 5.82 Å². The number of nitrogens with zero attached hydrogens (tertiary/aromatic N) is 2. The summed E-state index contributed by atoms with van der Waals surface area (Å²) in [7, 11) is -3.46. The molecular formula is C18H19FN2O3S. The molecule has 0 saturated heterocycles. The molecule has 132 valence electrons. The summed E-state index contributed by atoms with van der Waals surface area (Å²) in [6.45, 7) is 3.75. The minimum Gasteiger partial charge on any atom is -0.389 e. The topological polar surface area (TPSA) is 72.2 Å². The molecule has 5 nitrogen and oxygen atoms in total. The van der Waals surface area contributed by atoms with Crippen molar-refractivity contribution >= 4 is 20.9 Å². The summed E-state index contributed by atoms with van der Waals surface area (Å²) in [6.07, 6.45) is 2.68. The van der Waals surface area contributed by atoms with Gasteiger partial charge in [0.1, 0.15) is 5.82 Å². The number of benzene rings is 2. The van der Waals surface area contributed by atoms with E-state index in [2.05, 4.69) is 4.98 Å². The molecule has 0 saturated carbocycles. The predicted molar refractivity (Wildman–Crippen MR) is 94.5 cm³/mol. The van der Waals surface area contributed by atoms with Crippen molar-refractivity contribution in [3.05, 3.63) is 48.5 Å². The van der Waals surface area contributed by atoms with Crippen molar-refractivity contribution in [2.75, 3.05) is 6.26 Å². The number of hydrogen-bond donors (Lipinski definition) is 1. The smallest absolute Gasteiger partial charge is 0.175 e. The zero-order chi connectivity index (χ0) is 18.4. The number of imidazole rings is 1. The summed E-state index contributed by atoms with van der Waals surface area (Å²) in [4.78, 5) is 4.23. The van der Waals surface area contributed by atoms with Crippen molar-refractivity contribution in [1.29, 1.82) is 0 Å². The van der Waals surface area contributed by atoms with E-state index in [1.807, 2.05) is 4.57 Å². The number of aliphatic hydroxyl groups is 1. The summed E-state index contributed by atoms with van der Waals surface area (Å²) in [5.74, 6) is -0.601. The molecule has 0 radical (unpaired) electrons. The summed E-state index contributed by atoms with van der Waals surface area (Å²) in [6, 6.07) is 9.18. The Kier molecular flexibility index (Phi) is 4.17. The normalized spacial score (nSPS) is 12.7. The molecule has 0 atom stereocenters. The zero-order valence-corrected chi connectivity index (χ0v) is 15.0. The van der Waals surface area contributed by atoms with Gasteiger partial charge in [0.15, 0.2) is 9.84 Å². The predicted octanol–water partition coefficient (Wildman–Crippen LogP) is 3.02. The molecular weight excluding hydrogens is 343 g/mol. The van der Waals surface area contributed by atoms with Gasteiger partial charge in [0.25, 0.3) is 0 Å². The SMILES string of the molecule is CC(C)(O)Cn1cnc2ccc(-c3ccc(S(C)(=O)=O)cc3F)cc21. The van der Waals surface area contributed by atoms with Crippen LogP contribution in [0.15, 0.2) is 47.6 Å². The fourth-order valence-electron chi connectivity index (χ4n) is 2.73. The first kappa shape index (κ1) is 17.6. The zero-order valence-electron chi connectivity index (χ0n) is 14.2. The summed E-state index contributed by atoms with van der Waals surface area (Å²) < 4.78 is 39.3. The molecule has 2 aromatic carbocycles. The first-order valence-corrected chi connectivity index (χ1v) is 9.61. The second-order valence-electron chi connectivity index (χ2n) is 6.80. The largest absolute Gasteiger partial charge is 0.389 e. The Bertz CT molecular complexity index is 1050. The van der Waals surface area contributed by atoms with Crippen LogP contribution >= 0.6 is 0 Å². The Balaban J connectivity index is 2.09. The van der Waals surface area contributed by atoms with Gasteiger partial charge in [0.05, 0.1) is 34.4 Å². The van der Waals surface area contributed by atoms with Crippen LogP contribution in [0.3, 0.4) is 0 Å². The van der Waals surface area contributed by atoms with Gasteiger partial charge in [-0.05, 0) is 43.7 Å². The minimum atomic E-state index is -3.46. The van der Waals surface area contributed by atoms with E-state index in [0.29, 0.717) is 17.7 Å². The third-order valence-electron chi connectivity index (χ3n) is 3.86. The van der Waals surface area contributed by atoms with Gasteiger partial charge >= 0.3 is 0 Å². The molecule has 0 spiro atoms. The van der Waals surface area contributed by atoms with E-state index < -0.39 is 21.3 Å². The molecule has 1 aromatic heterocycles. The van der Waals surface area contributed by atoms with Gasteiger partial charge in [-0.25, -0.2) is 17.8 Å². The number of halogens is 1. The highest BCUT2D eigenvalue weighted by atomic mass is 32.2. The molecule has 0 bridgehead atoms. The molecule has 0 aliphatic heterocycles. The first-order chi connectivity index (χ1) is 11.5. The van der Waals surface area contributed by atoms with Crippen molar-refractivity contribution in [1.82, 2.24) is 9.55 Å². The fraction of sp³-hybridized carbons (Fsp3) is 0.278. The van der Waals surface area contributed by atoms with E-state index in [-0.39, 0.29) is 4.90 Å². The molecule has 0 fully saturated rings. The summed E-state index contributed by atoms with van der Waals surface area (Å²) >= 11 is 0. The Morgan fingerprint density at radius 1 is 1.20 bits per heavy atom. The van der Waals surface area contributed by atoms with Crippen LogP contribution in [0.5, 0.6) is 0 Å². The number of sulfone groups is 1. The monoisotopic (exact) mass is 362 g/mol. The highest BCUT2D eigenvalue weighted by Crippen LogP contribution is 2.28. The fourth-order valence-corrected chi connectivity index (χ4v) is 3.36. The standard InChI is InChI=1S/C18H19FN2O3S/c1-18(2,22)10-21-11-20-16-7-4-12(8-17(16)21)14-6-5-13(9-15(14)19)25(3,23)24/h4-9,11,22H,10H2,1-3H3. The lowest BCUT2D eigenvalue weighted by atomic mass is 10.0. The molecule has 1 N–H and O–H groups in total. The molecule has 25 heavy (non-hydrogen) atoms. The highest BCUT2D eigenvalue weighted by Gasteiger charge is 2.17. The van der Waals surface area contributed by atoms with Crippen LogP contribution in [-0.2, 0) is 16.4 Å². The van der Waals surface area contributed by atoms with E-state index in [9.17, 15) is 17.9 Å². The Morgan fingerprint density at radius 3 is 2.52 bits per heavy atom. The van der Waals surface area contributed by atoms with Gasteiger partial charge in [0, 0.05) is 11.8 Å². The number of aromatic nitrogens is 2.